The van der Waals surface area contributed by atoms with Crippen LogP contribution >= 0.6 is 47.5 Å². The lowest BCUT2D eigenvalue weighted by Crippen LogP contribution is -1.95. The Balaban J connectivity index is 0.00000132. The Labute approximate surface area is 156 Å². The lowest BCUT2D eigenvalue weighted by atomic mass is 10.1. The van der Waals surface area contributed by atoms with Crippen LogP contribution in [0.1, 0.15) is 10.4 Å². The molecule has 23 heavy (non-hydrogen) atoms. The van der Waals surface area contributed by atoms with Gasteiger partial charge in [-0.05, 0) is 12.5 Å². The van der Waals surface area contributed by atoms with E-state index >= 15 is 0 Å². The first-order valence-electron chi connectivity index (χ1n) is 6.64. The van der Waals surface area contributed by atoms with Crippen LogP contribution in [-0.4, -0.2) is 17.0 Å². The van der Waals surface area contributed by atoms with Gasteiger partial charge < -0.3 is 10.6 Å². The Hall–Kier alpha value is -1.34. The van der Waals surface area contributed by atoms with Crippen molar-refractivity contribution in [3.8, 4) is 10.4 Å². The largest absolute Gasteiger partial charge is 0.365 e. The minimum absolute atomic E-state index is 0. The second-order valence-corrected chi connectivity index (χ2v) is 6.78. The third kappa shape index (κ3) is 5.07. The highest BCUT2D eigenvalue weighted by atomic mass is 35.5. The molecule has 0 atom stereocenters. The summed E-state index contributed by atoms with van der Waals surface area (Å²) in [6.07, 6.45) is 3.81. The Bertz CT molecular complexity index is 725. The van der Waals surface area contributed by atoms with E-state index in [2.05, 4.69) is 51.8 Å². The van der Waals surface area contributed by atoms with Crippen LogP contribution in [0.2, 0.25) is 0 Å². The maximum absolute atomic E-state index is 4.43. The summed E-state index contributed by atoms with van der Waals surface area (Å²) in [7, 11) is 1.88. The summed E-state index contributed by atoms with van der Waals surface area (Å²) in [6, 6.07) is 8.52. The molecule has 3 rings (SSSR count). The molecule has 0 aliphatic carbocycles. The number of thiazole rings is 2. The van der Waals surface area contributed by atoms with Crippen LogP contribution in [0.25, 0.3) is 10.4 Å². The second-order valence-electron chi connectivity index (χ2n) is 4.63. The van der Waals surface area contributed by atoms with Gasteiger partial charge in [-0.2, -0.15) is 0 Å². The average molecular weight is 389 g/mol. The average Bonchev–Trinajstić information content (AvgIpc) is 3.15. The normalized spacial score (nSPS) is 9.65. The minimum Gasteiger partial charge on any atom is -0.365 e. The van der Waals surface area contributed by atoms with Crippen LogP contribution < -0.4 is 10.6 Å². The highest BCUT2D eigenvalue weighted by Crippen LogP contribution is 2.29. The van der Waals surface area contributed by atoms with Gasteiger partial charge in [0.15, 0.2) is 10.3 Å². The summed E-state index contributed by atoms with van der Waals surface area (Å²) in [4.78, 5) is 11.1. The molecular weight excluding hydrogens is 371 g/mol. The summed E-state index contributed by atoms with van der Waals surface area (Å²) in [5, 5.41) is 8.26. The zero-order chi connectivity index (χ0) is 14.7. The fourth-order valence-electron chi connectivity index (χ4n) is 1.87. The lowest BCUT2D eigenvalue weighted by Gasteiger charge is -1.99. The second kappa shape index (κ2) is 9.08. The maximum atomic E-state index is 4.43. The van der Waals surface area contributed by atoms with E-state index in [1.165, 1.54) is 20.9 Å². The van der Waals surface area contributed by atoms with Gasteiger partial charge in [-0.1, -0.05) is 41.2 Å². The zero-order valence-corrected chi connectivity index (χ0v) is 16.0. The van der Waals surface area contributed by atoms with Crippen molar-refractivity contribution in [1.29, 1.82) is 0 Å². The van der Waals surface area contributed by atoms with Crippen LogP contribution in [-0.2, 0) is 6.54 Å². The first-order valence-corrected chi connectivity index (χ1v) is 8.27. The van der Waals surface area contributed by atoms with Crippen molar-refractivity contribution in [2.24, 2.45) is 0 Å². The number of anilines is 2. The van der Waals surface area contributed by atoms with Gasteiger partial charge in [0, 0.05) is 24.3 Å². The Morgan fingerprint density at radius 2 is 1.65 bits per heavy atom. The molecule has 0 saturated heterocycles. The number of aromatic nitrogens is 2. The van der Waals surface area contributed by atoms with Crippen molar-refractivity contribution >= 4 is 57.8 Å². The maximum Gasteiger partial charge on any atom is 0.183 e. The number of hydrogen-bond donors (Lipinski definition) is 2. The molecule has 8 heteroatoms. The SMILES string of the molecule is CNc1ncc(CNc2ncc(-c3ccc(C)cc3)s2)s1.Cl.Cl. The van der Waals surface area contributed by atoms with E-state index in [-0.39, 0.29) is 24.8 Å². The van der Waals surface area contributed by atoms with Crippen LogP contribution in [0.5, 0.6) is 0 Å². The van der Waals surface area contributed by atoms with Crippen LogP contribution in [0.3, 0.4) is 0 Å². The van der Waals surface area contributed by atoms with E-state index in [9.17, 15) is 0 Å². The number of nitrogens with one attached hydrogen (secondary N) is 2. The molecule has 124 valence electrons. The Morgan fingerprint density at radius 3 is 2.30 bits per heavy atom. The van der Waals surface area contributed by atoms with Gasteiger partial charge in [0.1, 0.15) is 0 Å². The molecule has 0 aliphatic rings. The monoisotopic (exact) mass is 388 g/mol. The van der Waals surface area contributed by atoms with E-state index in [4.69, 9.17) is 0 Å². The molecule has 2 aromatic heterocycles. The molecule has 0 unspecified atom stereocenters. The van der Waals surface area contributed by atoms with E-state index < -0.39 is 0 Å². The van der Waals surface area contributed by atoms with E-state index in [1.807, 2.05) is 19.4 Å². The van der Waals surface area contributed by atoms with Gasteiger partial charge in [-0.25, -0.2) is 9.97 Å². The zero-order valence-electron chi connectivity index (χ0n) is 12.7. The first-order chi connectivity index (χ1) is 10.2. The summed E-state index contributed by atoms with van der Waals surface area (Å²) in [6.45, 7) is 2.85. The molecule has 3 aromatic rings. The molecule has 0 amide bonds. The van der Waals surface area contributed by atoms with Gasteiger partial charge in [-0.3, -0.25) is 0 Å². The number of benzene rings is 1. The molecule has 0 bridgehead atoms. The van der Waals surface area contributed by atoms with Crippen molar-refractivity contribution in [2.75, 3.05) is 17.7 Å². The standard InChI is InChI=1S/C15H16N4S2.2ClH/c1-10-3-5-11(6-4-10)13-9-19-15(21-13)18-8-12-7-17-14(16-2)20-12;;/h3-7,9H,8H2,1-2H3,(H,16,17)(H,18,19);2*1H. The molecule has 2 heterocycles. The molecule has 0 saturated carbocycles. The fraction of sp³-hybridized carbons (Fsp3) is 0.200. The van der Waals surface area contributed by atoms with E-state index in [1.54, 1.807) is 22.7 Å². The highest BCUT2D eigenvalue weighted by molar-refractivity contribution is 7.19. The molecule has 0 radical (unpaired) electrons. The van der Waals surface area contributed by atoms with Crippen molar-refractivity contribution in [2.45, 2.75) is 13.5 Å². The molecule has 0 aliphatic heterocycles. The predicted octanol–water partition coefficient (Wildman–Crippen LogP) is 5.07. The van der Waals surface area contributed by atoms with Crippen LogP contribution in [0, 0.1) is 6.92 Å². The molecule has 2 N–H and O–H groups in total. The number of hydrogen-bond acceptors (Lipinski definition) is 6. The number of halogens is 2. The highest BCUT2D eigenvalue weighted by Gasteiger charge is 2.05. The lowest BCUT2D eigenvalue weighted by molar-refractivity contribution is 1.16. The number of rotatable bonds is 5. The summed E-state index contributed by atoms with van der Waals surface area (Å²) in [5.41, 5.74) is 2.48. The Morgan fingerprint density at radius 1 is 0.957 bits per heavy atom. The van der Waals surface area contributed by atoms with E-state index in [0.717, 1.165) is 16.8 Å². The number of nitrogens with zero attached hydrogens (tertiary/aromatic N) is 2. The van der Waals surface area contributed by atoms with Crippen molar-refractivity contribution in [1.82, 2.24) is 9.97 Å². The molecule has 0 fully saturated rings. The quantitative estimate of drug-likeness (QED) is 0.640. The minimum atomic E-state index is 0. The smallest absolute Gasteiger partial charge is 0.183 e. The molecule has 4 nitrogen and oxygen atoms in total. The van der Waals surface area contributed by atoms with Gasteiger partial charge in [0.25, 0.3) is 0 Å². The van der Waals surface area contributed by atoms with Gasteiger partial charge >= 0.3 is 0 Å². The molecular formula is C15H18Cl2N4S2. The van der Waals surface area contributed by atoms with Crippen LogP contribution in [0.4, 0.5) is 10.3 Å². The topological polar surface area (TPSA) is 49.8 Å². The van der Waals surface area contributed by atoms with Gasteiger partial charge in [0.05, 0.1) is 11.4 Å². The van der Waals surface area contributed by atoms with Crippen molar-refractivity contribution in [3.63, 3.8) is 0 Å². The third-order valence-corrected chi connectivity index (χ3v) is 5.04. The fourth-order valence-corrected chi connectivity index (χ4v) is 3.40. The third-order valence-electron chi connectivity index (χ3n) is 3.02. The van der Waals surface area contributed by atoms with E-state index in [0.29, 0.717) is 0 Å². The Kier molecular flexibility index (Phi) is 7.78. The summed E-state index contributed by atoms with van der Waals surface area (Å²) in [5.74, 6) is 0. The van der Waals surface area contributed by atoms with Crippen molar-refractivity contribution < 1.29 is 0 Å². The van der Waals surface area contributed by atoms with Gasteiger partial charge in [-0.15, -0.1) is 36.2 Å². The first kappa shape index (κ1) is 19.7. The predicted molar refractivity (Wildman–Crippen MR) is 106 cm³/mol. The number of aryl methyl sites for hydroxylation is 1. The molecule has 1 aromatic carbocycles. The molecule has 0 spiro atoms. The summed E-state index contributed by atoms with van der Waals surface area (Å²) < 4.78 is 0. The van der Waals surface area contributed by atoms with Crippen molar-refractivity contribution in [3.05, 3.63) is 47.1 Å². The van der Waals surface area contributed by atoms with Crippen LogP contribution in [0.15, 0.2) is 36.7 Å². The van der Waals surface area contributed by atoms with Gasteiger partial charge in [0.2, 0.25) is 0 Å². The summed E-state index contributed by atoms with van der Waals surface area (Å²) >= 11 is 3.32.